The highest BCUT2D eigenvalue weighted by Crippen LogP contribution is 2.17. The van der Waals surface area contributed by atoms with E-state index in [1.807, 2.05) is 43.3 Å². The number of nitrogens with zero attached hydrogens (tertiary/aromatic N) is 3. The van der Waals surface area contributed by atoms with E-state index >= 15 is 0 Å². The molecule has 5 aromatic rings. The van der Waals surface area contributed by atoms with Crippen LogP contribution in [0.3, 0.4) is 0 Å². The molecule has 0 aliphatic heterocycles. The standard InChI is InChI=1S/C27H22FN5O2/c1-17-6-5-13-32-24(17)31-25-22(27(32)35)14-21(23(29)33(25)16-19-7-3-2-4-8-19)26(34)30-15-18-9-11-20(28)12-10-18/h2-14,29H,15-16H2,1H3,(H,30,34)/p+1. The van der Waals surface area contributed by atoms with Crippen LogP contribution >= 0.6 is 0 Å². The molecule has 3 aromatic heterocycles. The molecule has 8 heteroatoms. The molecule has 3 heterocycles. The zero-order valence-corrected chi connectivity index (χ0v) is 19.0. The summed E-state index contributed by atoms with van der Waals surface area (Å²) in [6, 6.07) is 20.6. The molecule has 35 heavy (non-hydrogen) atoms. The van der Waals surface area contributed by atoms with Crippen molar-refractivity contribution in [3.05, 3.63) is 117 Å². The number of nitrogen functional groups attached to an aromatic ring is 1. The summed E-state index contributed by atoms with van der Waals surface area (Å²) in [7, 11) is 0. The minimum absolute atomic E-state index is 0.169. The number of benzene rings is 2. The number of hydrogen-bond donors (Lipinski definition) is 2. The molecular formula is C27H23FN5O2+. The van der Waals surface area contributed by atoms with Crippen molar-refractivity contribution < 1.29 is 13.8 Å². The molecule has 0 fully saturated rings. The summed E-state index contributed by atoms with van der Waals surface area (Å²) in [6.07, 6.45) is 1.66. The highest BCUT2D eigenvalue weighted by Gasteiger charge is 2.25. The quantitative estimate of drug-likeness (QED) is 0.306. The van der Waals surface area contributed by atoms with Crippen molar-refractivity contribution >= 4 is 28.4 Å². The van der Waals surface area contributed by atoms with E-state index in [0.29, 0.717) is 17.8 Å². The molecule has 0 atom stereocenters. The SMILES string of the molecule is Cc1cccn2c(=O)c3cc(C(=O)NCc4ccc(F)cc4)c(N)[n+](Cc4ccccc4)c3nc12. The van der Waals surface area contributed by atoms with Crippen LogP contribution in [-0.4, -0.2) is 15.3 Å². The third kappa shape index (κ3) is 4.21. The molecule has 7 nitrogen and oxygen atoms in total. The Hall–Kier alpha value is -4.59. The van der Waals surface area contributed by atoms with E-state index in [0.717, 1.165) is 16.7 Å². The Bertz CT molecular complexity index is 1630. The Balaban J connectivity index is 1.66. The number of aromatic nitrogens is 3. The van der Waals surface area contributed by atoms with E-state index in [1.165, 1.54) is 22.6 Å². The molecule has 2 aromatic carbocycles. The number of carbonyl (C=O) groups excluding carboxylic acids is 1. The lowest BCUT2D eigenvalue weighted by atomic mass is 10.1. The first-order valence-corrected chi connectivity index (χ1v) is 11.1. The molecular weight excluding hydrogens is 445 g/mol. The van der Waals surface area contributed by atoms with Crippen LogP contribution in [0.4, 0.5) is 10.2 Å². The van der Waals surface area contributed by atoms with E-state index in [-0.39, 0.29) is 34.7 Å². The maximum atomic E-state index is 13.4. The molecule has 3 N–H and O–H groups in total. The van der Waals surface area contributed by atoms with Crippen molar-refractivity contribution in [1.82, 2.24) is 14.7 Å². The van der Waals surface area contributed by atoms with Gasteiger partial charge in [0.25, 0.3) is 17.1 Å². The molecule has 0 saturated heterocycles. The van der Waals surface area contributed by atoms with Crippen LogP contribution in [0.15, 0.2) is 83.8 Å². The van der Waals surface area contributed by atoms with Gasteiger partial charge in [-0.2, -0.15) is 0 Å². The fraction of sp³-hybridized carbons (Fsp3) is 0.111. The van der Waals surface area contributed by atoms with Gasteiger partial charge < -0.3 is 11.1 Å². The van der Waals surface area contributed by atoms with Gasteiger partial charge in [0.05, 0.1) is 6.54 Å². The highest BCUT2D eigenvalue weighted by molar-refractivity contribution is 6.00. The Morgan fingerprint density at radius 3 is 2.54 bits per heavy atom. The molecule has 0 bridgehead atoms. The summed E-state index contributed by atoms with van der Waals surface area (Å²) < 4.78 is 16.4. The maximum absolute atomic E-state index is 13.4. The average Bonchev–Trinajstić information content (AvgIpc) is 2.86. The van der Waals surface area contributed by atoms with Gasteiger partial charge in [0, 0.05) is 18.3 Å². The largest absolute Gasteiger partial charge is 0.348 e. The number of nitrogens with two attached hydrogens (primary N) is 1. The van der Waals surface area contributed by atoms with Gasteiger partial charge in [-0.15, -0.1) is 0 Å². The van der Waals surface area contributed by atoms with Crippen molar-refractivity contribution in [3.63, 3.8) is 0 Å². The number of pyridine rings is 2. The zero-order valence-electron chi connectivity index (χ0n) is 19.0. The smallest absolute Gasteiger partial charge is 0.278 e. The Labute approximate surface area is 200 Å². The van der Waals surface area contributed by atoms with Gasteiger partial charge in [-0.1, -0.05) is 53.5 Å². The van der Waals surface area contributed by atoms with Gasteiger partial charge in [-0.3, -0.25) is 14.0 Å². The van der Waals surface area contributed by atoms with Crippen molar-refractivity contribution in [3.8, 4) is 0 Å². The fourth-order valence-electron chi connectivity index (χ4n) is 4.10. The van der Waals surface area contributed by atoms with Crippen molar-refractivity contribution in [2.24, 2.45) is 0 Å². The van der Waals surface area contributed by atoms with Crippen molar-refractivity contribution in [2.45, 2.75) is 20.0 Å². The summed E-state index contributed by atoms with van der Waals surface area (Å²) in [5.74, 6) is -0.594. The van der Waals surface area contributed by atoms with Gasteiger partial charge in [-0.25, -0.2) is 8.96 Å². The topological polar surface area (TPSA) is 93.4 Å². The van der Waals surface area contributed by atoms with Crippen LogP contribution < -0.4 is 21.2 Å². The first-order chi connectivity index (χ1) is 16.9. The molecule has 174 valence electrons. The first kappa shape index (κ1) is 22.2. The Kier molecular flexibility index (Phi) is 5.70. The van der Waals surface area contributed by atoms with Gasteiger partial charge in [-0.05, 0) is 42.3 Å². The zero-order chi connectivity index (χ0) is 24.5. The summed E-state index contributed by atoms with van der Waals surface area (Å²) >= 11 is 0. The Morgan fingerprint density at radius 1 is 1.06 bits per heavy atom. The Morgan fingerprint density at radius 2 is 1.80 bits per heavy atom. The lowest BCUT2D eigenvalue weighted by molar-refractivity contribution is -0.649. The average molecular weight is 469 g/mol. The number of anilines is 1. The second kappa shape index (κ2) is 8.98. The number of hydrogen-bond acceptors (Lipinski definition) is 4. The van der Waals surface area contributed by atoms with Crippen molar-refractivity contribution in [2.75, 3.05) is 5.73 Å². The number of fused-ring (bicyclic) bond motifs is 2. The molecule has 0 aliphatic carbocycles. The lowest BCUT2D eigenvalue weighted by Gasteiger charge is -2.13. The highest BCUT2D eigenvalue weighted by atomic mass is 19.1. The number of aryl methyl sites for hydroxylation is 1. The van der Waals surface area contributed by atoms with Crippen LogP contribution in [0.25, 0.3) is 16.7 Å². The minimum atomic E-state index is -0.440. The monoisotopic (exact) mass is 468 g/mol. The number of carbonyl (C=O) groups is 1. The molecule has 5 rings (SSSR count). The predicted molar refractivity (Wildman–Crippen MR) is 131 cm³/mol. The third-order valence-corrected chi connectivity index (χ3v) is 5.97. The predicted octanol–water partition coefficient (Wildman–Crippen LogP) is 3.14. The van der Waals surface area contributed by atoms with Gasteiger partial charge >= 0.3 is 0 Å². The normalized spacial score (nSPS) is 11.1. The lowest BCUT2D eigenvalue weighted by Crippen LogP contribution is -2.43. The van der Waals surface area contributed by atoms with Crippen molar-refractivity contribution in [1.29, 1.82) is 0 Å². The maximum Gasteiger partial charge on any atom is 0.278 e. The van der Waals surface area contributed by atoms with Crippen LogP contribution in [0.5, 0.6) is 0 Å². The van der Waals surface area contributed by atoms with Crippen LogP contribution in [0, 0.1) is 12.7 Å². The number of nitrogens with one attached hydrogen (secondary N) is 1. The van der Waals surface area contributed by atoms with Crippen LogP contribution in [0.2, 0.25) is 0 Å². The summed E-state index contributed by atoms with van der Waals surface area (Å²) in [5, 5.41) is 3.10. The van der Waals surface area contributed by atoms with E-state index in [2.05, 4.69) is 5.32 Å². The number of halogens is 1. The second-order valence-corrected chi connectivity index (χ2v) is 8.36. The summed E-state index contributed by atoms with van der Waals surface area (Å²) in [6.45, 7) is 2.40. The minimum Gasteiger partial charge on any atom is -0.348 e. The molecule has 0 saturated carbocycles. The molecule has 0 unspecified atom stereocenters. The van der Waals surface area contributed by atoms with E-state index in [1.54, 1.807) is 29.0 Å². The van der Waals surface area contributed by atoms with E-state index in [4.69, 9.17) is 10.7 Å². The molecule has 1 amide bonds. The van der Waals surface area contributed by atoms with E-state index in [9.17, 15) is 14.0 Å². The molecule has 0 aliphatic rings. The van der Waals surface area contributed by atoms with Gasteiger partial charge in [0.2, 0.25) is 11.5 Å². The number of amides is 1. The van der Waals surface area contributed by atoms with Crippen LogP contribution in [0.1, 0.15) is 27.0 Å². The van der Waals surface area contributed by atoms with Gasteiger partial charge in [0.1, 0.15) is 16.8 Å². The van der Waals surface area contributed by atoms with E-state index < -0.39 is 5.91 Å². The summed E-state index contributed by atoms with van der Waals surface area (Å²) in [4.78, 5) is 31.4. The third-order valence-electron chi connectivity index (χ3n) is 5.97. The fourth-order valence-corrected chi connectivity index (χ4v) is 4.10. The number of rotatable bonds is 5. The second-order valence-electron chi connectivity index (χ2n) is 8.36. The van der Waals surface area contributed by atoms with Crippen LogP contribution in [-0.2, 0) is 13.1 Å². The molecule has 0 spiro atoms. The first-order valence-electron chi connectivity index (χ1n) is 11.1. The molecule has 0 radical (unpaired) electrons. The summed E-state index contributed by atoms with van der Waals surface area (Å²) in [5.41, 5.74) is 9.86. The van der Waals surface area contributed by atoms with Gasteiger partial charge in [0.15, 0.2) is 0 Å².